The van der Waals surface area contributed by atoms with Crippen molar-refractivity contribution in [3.05, 3.63) is 24.3 Å². The van der Waals surface area contributed by atoms with Crippen LogP contribution < -0.4 is 5.32 Å². The van der Waals surface area contributed by atoms with Crippen LogP contribution in [-0.2, 0) is 0 Å². The Morgan fingerprint density at radius 2 is 2.21 bits per heavy atom. The van der Waals surface area contributed by atoms with Crippen molar-refractivity contribution in [1.29, 1.82) is 0 Å². The summed E-state index contributed by atoms with van der Waals surface area (Å²) in [5, 5.41) is 11.6. The van der Waals surface area contributed by atoms with Crippen LogP contribution in [0.2, 0.25) is 0 Å². The van der Waals surface area contributed by atoms with E-state index in [-0.39, 0.29) is 5.91 Å². The molecule has 0 fully saturated rings. The molecule has 0 bridgehead atoms. The van der Waals surface area contributed by atoms with Gasteiger partial charge in [0.05, 0.1) is 11.7 Å². The van der Waals surface area contributed by atoms with Crippen molar-refractivity contribution in [1.82, 2.24) is 15.3 Å². The first-order chi connectivity index (χ1) is 6.70. The molecule has 2 N–H and O–H groups in total. The maximum absolute atomic E-state index is 11.4. The molecule has 5 nitrogen and oxygen atoms in total. The van der Waals surface area contributed by atoms with Gasteiger partial charge in [-0.05, 0) is 13.3 Å². The molecule has 0 saturated carbocycles. The summed E-state index contributed by atoms with van der Waals surface area (Å²) in [4.78, 5) is 18.8. The number of nitrogens with zero attached hydrogens (tertiary/aromatic N) is 2. The van der Waals surface area contributed by atoms with Gasteiger partial charge in [0, 0.05) is 18.9 Å². The highest BCUT2D eigenvalue weighted by atomic mass is 16.3. The van der Waals surface area contributed by atoms with Gasteiger partial charge in [0.2, 0.25) is 0 Å². The maximum atomic E-state index is 11.4. The first kappa shape index (κ1) is 10.6. The molecule has 0 aliphatic heterocycles. The van der Waals surface area contributed by atoms with E-state index in [9.17, 15) is 4.79 Å². The van der Waals surface area contributed by atoms with Crippen LogP contribution in [0.25, 0.3) is 0 Å². The Balaban J connectivity index is 2.36. The van der Waals surface area contributed by atoms with E-state index in [1.807, 2.05) is 0 Å². The zero-order valence-electron chi connectivity index (χ0n) is 7.97. The molecule has 1 atom stereocenters. The third-order valence-electron chi connectivity index (χ3n) is 1.67. The van der Waals surface area contributed by atoms with Gasteiger partial charge < -0.3 is 10.4 Å². The van der Waals surface area contributed by atoms with Crippen LogP contribution in [0, 0.1) is 0 Å². The molecular weight excluding hydrogens is 182 g/mol. The number of carbonyl (C=O) groups is 1. The van der Waals surface area contributed by atoms with Crippen LogP contribution in [0.15, 0.2) is 18.7 Å². The van der Waals surface area contributed by atoms with Crippen molar-refractivity contribution in [2.75, 3.05) is 6.54 Å². The average Bonchev–Trinajstić information content (AvgIpc) is 2.18. The molecule has 0 aromatic carbocycles. The SMILES string of the molecule is CC(O)CCNC(=O)c1cncnc1. The molecule has 0 spiro atoms. The normalized spacial score (nSPS) is 12.1. The summed E-state index contributed by atoms with van der Waals surface area (Å²) >= 11 is 0. The molecule has 1 rings (SSSR count). The van der Waals surface area contributed by atoms with E-state index >= 15 is 0 Å². The largest absolute Gasteiger partial charge is 0.393 e. The van der Waals surface area contributed by atoms with Gasteiger partial charge in [0.15, 0.2) is 0 Å². The van der Waals surface area contributed by atoms with E-state index in [2.05, 4.69) is 15.3 Å². The Morgan fingerprint density at radius 1 is 1.57 bits per heavy atom. The number of aliphatic hydroxyl groups is 1. The number of carbonyl (C=O) groups excluding carboxylic acids is 1. The van der Waals surface area contributed by atoms with Gasteiger partial charge in [-0.3, -0.25) is 4.79 Å². The minimum atomic E-state index is -0.401. The highest BCUT2D eigenvalue weighted by Gasteiger charge is 2.04. The number of amides is 1. The smallest absolute Gasteiger partial charge is 0.254 e. The summed E-state index contributed by atoms with van der Waals surface area (Å²) in [7, 11) is 0. The third-order valence-corrected chi connectivity index (χ3v) is 1.67. The van der Waals surface area contributed by atoms with Crippen LogP contribution in [0.3, 0.4) is 0 Å². The monoisotopic (exact) mass is 195 g/mol. The fourth-order valence-electron chi connectivity index (χ4n) is 0.913. The highest BCUT2D eigenvalue weighted by Crippen LogP contribution is 1.93. The van der Waals surface area contributed by atoms with Crippen LogP contribution in [0.4, 0.5) is 0 Å². The molecule has 0 aliphatic carbocycles. The zero-order valence-corrected chi connectivity index (χ0v) is 7.97. The molecule has 0 saturated heterocycles. The van der Waals surface area contributed by atoms with E-state index in [1.165, 1.54) is 18.7 Å². The maximum Gasteiger partial charge on any atom is 0.254 e. The fourth-order valence-corrected chi connectivity index (χ4v) is 0.913. The Labute approximate surface area is 82.2 Å². The highest BCUT2D eigenvalue weighted by molar-refractivity contribution is 5.93. The van der Waals surface area contributed by atoms with Gasteiger partial charge in [0.1, 0.15) is 6.33 Å². The molecule has 1 aromatic heterocycles. The van der Waals surface area contributed by atoms with Crippen molar-refractivity contribution in [3.8, 4) is 0 Å². The summed E-state index contributed by atoms with van der Waals surface area (Å²) in [6, 6.07) is 0. The van der Waals surface area contributed by atoms with Crippen LogP contribution in [-0.4, -0.2) is 33.6 Å². The Morgan fingerprint density at radius 3 is 2.79 bits per heavy atom. The number of rotatable bonds is 4. The quantitative estimate of drug-likeness (QED) is 0.707. The summed E-state index contributed by atoms with van der Waals surface area (Å²) in [5.74, 6) is -0.216. The second kappa shape index (κ2) is 5.29. The first-order valence-electron chi connectivity index (χ1n) is 4.41. The van der Waals surface area contributed by atoms with Gasteiger partial charge in [-0.2, -0.15) is 0 Å². The number of aromatic nitrogens is 2. The number of hydrogen-bond acceptors (Lipinski definition) is 4. The van der Waals surface area contributed by atoms with E-state index in [1.54, 1.807) is 6.92 Å². The van der Waals surface area contributed by atoms with Crippen LogP contribution >= 0.6 is 0 Å². The van der Waals surface area contributed by atoms with Gasteiger partial charge in [-0.1, -0.05) is 0 Å². The Hall–Kier alpha value is -1.49. The third kappa shape index (κ3) is 3.49. The molecule has 5 heteroatoms. The van der Waals surface area contributed by atoms with E-state index in [0.29, 0.717) is 18.5 Å². The lowest BCUT2D eigenvalue weighted by Crippen LogP contribution is -2.26. The topological polar surface area (TPSA) is 75.1 Å². The molecule has 14 heavy (non-hydrogen) atoms. The minimum Gasteiger partial charge on any atom is -0.393 e. The second-order valence-electron chi connectivity index (χ2n) is 3.02. The van der Waals surface area contributed by atoms with Gasteiger partial charge >= 0.3 is 0 Å². The van der Waals surface area contributed by atoms with E-state index in [4.69, 9.17) is 5.11 Å². The first-order valence-corrected chi connectivity index (χ1v) is 4.41. The summed E-state index contributed by atoms with van der Waals surface area (Å²) in [5.41, 5.74) is 0.429. The molecule has 1 amide bonds. The molecular formula is C9H13N3O2. The lowest BCUT2D eigenvalue weighted by atomic mass is 10.2. The van der Waals surface area contributed by atoms with Crippen LogP contribution in [0.5, 0.6) is 0 Å². The van der Waals surface area contributed by atoms with Crippen molar-refractivity contribution in [2.45, 2.75) is 19.4 Å². The minimum absolute atomic E-state index is 0.216. The summed E-state index contributed by atoms with van der Waals surface area (Å²) in [6.45, 7) is 2.13. The Kier molecular flexibility index (Phi) is 4.00. The van der Waals surface area contributed by atoms with Gasteiger partial charge in [-0.25, -0.2) is 9.97 Å². The van der Waals surface area contributed by atoms with Crippen LogP contribution in [0.1, 0.15) is 23.7 Å². The number of aliphatic hydroxyl groups excluding tert-OH is 1. The van der Waals surface area contributed by atoms with Crippen molar-refractivity contribution in [2.24, 2.45) is 0 Å². The molecule has 0 radical (unpaired) electrons. The van der Waals surface area contributed by atoms with E-state index < -0.39 is 6.10 Å². The molecule has 1 unspecified atom stereocenters. The zero-order chi connectivity index (χ0) is 10.4. The standard InChI is InChI=1S/C9H13N3O2/c1-7(13)2-3-12-9(14)8-4-10-6-11-5-8/h4-7,13H,2-3H2,1H3,(H,12,14). The predicted molar refractivity (Wildman–Crippen MR) is 50.7 cm³/mol. The molecule has 76 valence electrons. The second-order valence-corrected chi connectivity index (χ2v) is 3.02. The molecule has 0 aliphatic rings. The van der Waals surface area contributed by atoms with Crippen molar-refractivity contribution < 1.29 is 9.90 Å². The van der Waals surface area contributed by atoms with Gasteiger partial charge in [0.25, 0.3) is 5.91 Å². The average molecular weight is 195 g/mol. The Bertz CT molecular complexity index is 287. The van der Waals surface area contributed by atoms with Crippen molar-refractivity contribution in [3.63, 3.8) is 0 Å². The van der Waals surface area contributed by atoms with E-state index in [0.717, 1.165) is 0 Å². The predicted octanol–water partition coefficient (Wildman–Crippen LogP) is -0.0227. The molecule has 1 aromatic rings. The lowest BCUT2D eigenvalue weighted by Gasteiger charge is -2.05. The summed E-state index contributed by atoms with van der Waals surface area (Å²) < 4.78 is 0. The lowest BCUT2D eigenvalue weighted by molar-refractivity contribution is 0.0945. The fraction of sp³-hybridized carbons (Fsp3) is 0.444. The summed E-state index contributed by atoms with van der Waals surface area (Å²) in [6.07, 6.45) is 4.41. The molecule has 1 heterocycles. The number of nitrogens with one attached hydrogen (secondary N) is 1. The number of hydrogen-bond donors (Lipinski definition) is 2. The van der Waals surface area contributed by atoms with Gasteiger partial charge in [-0.15, -0.1) is 0 Å². The van der Waals surface area contributed by atoms with Crippen molar-refractivity contribution >= 4 is 5.91 Å².